The highest BCUT2D eigenvalue weighted by Crippen LogP contribution is 2.31. The quantitative estimate of drug-likeness (QED) is 0.728. The molecule has 76 valence electrons. The third kappa shape index (κ3) is 2.08. The van der Waals surface area contributed by atoms with E-state index < -0.39 is 0 Å². The van der Waals surface area contributed by atoms with Crippen molar-refractivity contribution in [3.8, 4) is 0 Å². The van der Waals surface area contributed by atoms with Crippen molar-refractivity contribution in [1.82, 2.24) is 9.97 Å². The third-order valence-electron chi connectivity index (χ3n) is 2.49. The lowest BCUT2D eigenvalue weighted by atomic mass is 10.2. The molecule has 1 aliphatic carbocycles. The molecule has 0 spiro atoms. The van der Waals surface area contributed by atoms with Crippen LogP contribution in [-0.4, -0.2) is 20.2 Å². The molecule has 1 aliphatic rings. The molecule has 4 nitrogen and oxygen atoms in total. The van der Waals surface area contributed by atoms with E-state index in [9.17, 15) is 0 Å². The zero-order valence-corrected chi connectivity index (χ0v) is 7.98. The van der Waals surface area contributed by atoms with Gasteiger partial charge in [0.1, 0.15) is 5.82 Å². The summed E-state index contributed by atoms with van der Waals surface area (Å²) < 4.78 is 0. The molecular formula is C10H14N2O2. The Labute approximate surface area is 82.6 Å². The van der Waals surface area contributed by atoms with E-state index in [2.05, 4.69) is 9.97 Å². The molecule has 1 aromatic rings. The molecule has 2 N–H and O–H groups in total. The maximum atomic E-state index is 9.02. The molecule has 0 bridgehead atoms. The number of nitrogens with zero attached hydrogens (tertiary/aromatic N) is 2. The minimum atomic E-state index is -0.129. The van der Waals surface area contributed by atoms with Crippen LogP contribution in [0, 0.1) is 5.92 Å². The lowest BCUT2D eigenvalue weighted by molar-refractivity contribution is 0.254. The van der Waals surface area contributed by atoms with Crippen LogP contribution in [-0.2, 0) is 19.6 Å². The maximum Gasteiger partial charge on any atom is 0.128 e. The smallest absolute Gasteiger partial charge is 0.128 e. The van der Waals surface area contributed by atoms with Gasteiger partial charge in [-0.15, -0.1) is 0 Å². The summed E-state index contributed by atoms with van der Waals surface area (Å²) in [6.07, 6.45) is 5.04. The second-order valence-electron chi connectivity index (χ2n) is 3.72. The average molecular weight is 194 g/mol. The molecule has 1 fully saturated rings. The fraction of sp³-hybridized carbons (Fsp3) is 0.600. The SMILES string of the molecule is OCc1cnc(CC2CC2)nc1CO. The molecule has 2 rings (SSSR count). The summed E-state index contributed by atoms with van der Waals surface area (Å²) in [5.41, 5.74) is 1.17. The van der Waals surface area contributed by atoms with Gasteiger partial charge in [-0.25, -0.2) is 9.97 Å². The van der Waals surface area contributed by atoms with Crippen LogP contribution in [0.5, 0.6) is 0 Å². The summed E-state index contributed by atoms with van der Waals surface area (Å²) in [4.78, 5) is 8.38. The normalized spacial score (nSPS) is 15.9. The van der Waals surface area contributed by atoms with Crippen LogP contribution in [0.3, 0.4) is 0 Å². The number of aliphatic hydroxyl groups is 2. The molecular weight excluding hydrogens is 180 g/mol. The molecule has 1 aromatic heterocycles. The Morgan fingerprint density at radius 1 is 1.29 bits per heavy atom. The van der Waals surface area contributed by atoms with Crippen LogP contribution >= 0.6 is 0 Å². The van der Waals surface area contributed by atoms with Crippen molar-refractivity contribution in [2.24, 2.45) is 5.92 Å². The van der Waals surface area contributed by atoms with Gasteiger partial charge in [-0.05, 0) is 18.8 Å². The minimum Gasteiger partial charge on any atom is -0.392 e. The highest BCUT2D eigenvalue weighted by atomic mass is 16.3. The van der Waals surface area contributed by atoms with E-state index in [1.807, 2.05) is 0 Å². The van der Waals surface area contributed by atoms with Gasteiger partial charge in [-0.2, -0.15) is 0 Å². The van der Waals surface area contributed by atoms with Gasteiger partial charge in [-0.3, -0.25) is 0 Å². The first-order chi connectivity index (χ1) is 6.83. The number of rotatable bonds is 4. The van der Waals surface area contributed by atoms with Crippen LogP contribution in [0.25, 0.3) is 0 Å². The first kappa shape index (κ1) is 9.55. The van der Waals surface area contributed by atoms with Gasteiger partial charge in [0.2, 0.25) is 0 Å². The van der Waals surface area contributed by atoms with Gasteiger partial charge in [0, 0.05) is 18.2 Å². The molecule has 0 amide bonds. The summed E-state index contributed by atoms with van der Waals surface area (Å²) in [5, 5.41) is 18.0. The Kier molecular flexibility index (Phi) is 2.74. The van der Waals surface area contributed by atoms with Gasteiger partial charge >= 0.3 is 0 Å². The van der Waals surface area contributed by atoms with Crippen molar-refractivity contribution in [3.05, 3.63) is 23.3 Å². The van der Waals surface area contributed by atoms with Gasteiger partial charge in [0.05, 0.1) is 18.9 Å². The number of hydrogen-bond acceptors (Lipinski definition) is 4. The van der Waals surface area contributed by atoms with Gasteiger partial charge < -0.3 is 10.2 Å². The van der Waals surface area contributed by atoms with Crippen molar-refractivity contribution in [1.29, 1.82) is 0 Å². The summed E-state index contributed by atoms with van der Waals surface area (Å²) in [7, 11) is 0. The van der Waals surface area contributed by atoms with Crippen molar-refractivity contribution in [3.63, 3.8) is 0 Å². The summed E-state index contributed by atoms with van der Waals surface area (Å²) >= 11 is 0. The van der Waals surface area contributed by atoms with Crippen molar-refractivity contribution in [2.75, 3.05) is 0 Å². The van der Waals surface area contributed by atoms with E-state index >= 15 is 0 Å². The number of aliphatic hydroxyl groups excluding tert-OH is 2. The first-order valence-electron chi connectivity index (χ1n) is 4.89. The maximum absolute atomic E-state index is 9.02. The lowest BCUT2D eigenvalue weighted by Crippen LogP contribution is -2.05. The molecule has 14 heavy (non-hydrogen) atoms. The Bertz CT molecular complexity index is 324. The topological polar surface area (TPSA) is 66.2 Å². The molecule has 0 saturated heterocycles. The zero-order chi connectivity index (χ0) is 9.97. The van der Waals surface area contributed by atoms with Crippen molar-refractivity contribution < 1.29 is 10.2 Å². The van der Waals surface area contributed by atoms with E-state index in [-0.39, 0.29) is 13.2 Å². The Balaban J connectivity index is 2.16. The summed E-state index contributed by atoms with van der Waals surface area (Å²) in [5.74, 6) is 1.52. The molecule has 1 saturated carbocycles. The largest absolute Gasteiger partial charge is 0.392 e. The molecule has 0 aromatic carbocycles. The van der Waals surface area contributed by atoms with Crippen molar-refractivity contribution >= 4 is 0 Å². The van der Waals surface area contributed by atoms with E-state index in [0.717, 1.165) is 18.2 Å². The minimum absolute atomic E-state index is 0.112. The monoisotopic (exact) mass is 194 g/mol. The predicted octanol–water partition coefficient (Wildman–Crippen LogP) is 0.414. The van der Waals surface area contributed by atoms with E-state index in [4.69, 9.17) is 10.2 Å². The van der Waals surface area contributed by atoms with Gasteiger partial charge in [0.15, 0.2) is 0 Å². The number of hydrogen-bond donors (Lipinski definition) is 2. The van der Waals surface area contributed by atoms with Crippen LogP contribution < -0.4 is 0 Å². The molecule has 0 atom stereocenters. The summed E-state index contributed by atoms with van der Waals surface area (Å²) in [6, 6.07) is 0. The van der Waals surface area contributed by atoms with Crippen LogP contribution in [0.4, 0.5) is 0 Å². The van der Waals surface area contributed by atoms with Gasteiger partial charge in [-0.1, -0.05) is 0 Å². The fourth-order valence-corrected chi connectivity index (χ4v) is 1.43. The van der Waals surface area contributed by atoms with Crippen LogP contribution in [0.15, 0.2) is 6.20 Å². The average Bonchev–Trinajstić information content (AvgIpc) is 3.01. The Hall–Kier alpha value is -1.00. The fourth-order valence-electron chi connectivity index (χ4n) is 1.43. The highest BCUT2D eigenvalue weighted by Gasteiger charge is 2.23. The van der Waals surface area contributed by atoms with Crippen LogP contribution in [0.2, 0.25) is 0 Å². The van der Waals surface area contributed by atoms with E-state index in [1.54, 1.807) is 6.20 Å². The standard InChI is InChI=1S/C10H14N2O2/c13-5-8-4-11-10(3-7-1-2-7)12-9(8)6-14/h4,7,13-14H,1-3,5-6H2. The highest BCUT2D eigenvalue weighted by molar-refractivity contribution is 5.16. The third-order valence-corrected chi connectivity index (χ3v) is 2.49. The molecule has 0 radical (unpaired) electrons. The van der Waals surface area contributed by atoms with E-state index in [0.29, 0.717) is 11.3 Å². The molecule has 4 heteroatoms. The first-order valence-corrected chi connectivity index (χ1v) is 4.89. The second kappa shape index (κ2) is 4.02. The summed E-state index contributed by atoms with van der Waals surface area (Å²) in [6.45, 7) is -0.240. The van der Waals surface area contributed by atoms with Gasteiger partial charge in [0.25, 0.3) is 0 Å². The zero-order valence-electron chi connectivity index (χ0n) is 7.98. The predicted molar refractivity (Wildman–Crippen MR) is 50.3 cm³/mol. The molecule has 1 heterocycles. The second-order valence-corrected chi connectivity index (χ2v) is 3.72. The Morgan fingerprint density at radius 2 is 2.07 bits per heavy atom. The molecule has 0 unspecified atom stereocenters. The van der Waals surface area contributed by atoms with E-state index in [1.165, 1.54) is 12.8 Å². The molecule has 0 aliphatic heterocycles. The van der Waals surface area contributed by atoms with Crippen molar-refractivity contribution in [2.45, 2.75) is 32.5 Å². The number of aromatic nitrogens is 2. The Morgan fingerprint density at radius 3 is 2.64 bits per heavy atom. The van der Waals surface area contributed by atoms with Crippen LogP contribution in [0.1, 0.15) is 29.9 Å². The lowest BCUT2D eigenvalue weighted by Gasteiger charge is -2.05.